The summed E-state index contributed by atoms with van der Waals surface area (Å²) < 4.78 is 0. The molecule has 3 N–H and O–H groups in total. The Morgan fingerprint density at radius 3 is 1.57 bits per heavy atom. The van der Waals surface area contributed by atoms with Gasteiger partial charge in [0.15, 0.2) is 0 Å². The van der Waals surface area contributed by atoms with Gasteiger partial charge in [-0.3, -0.25) is 9.59 Å². The molecule has 0 aromatic heterocycles. The highest BCUT2D eigenvalue weighted by molar-refractivity contribution is 6.11. The van der Waals surface area contributed by atoms with E-state index >= 15 is 0 Å². The van der Waals surface area contributed by atoms with Crippen LogP contribution in [0.1, 0.15) is 20.7 Å². The van der Waals surface area contributed by atoms with Crippen molar-refractivity contribution in [2.75, 3.05) is 7.05 Å². The van der Waals surface area contributed by atoms with Crippen molar-refractivity contribution >= 4 is 11.8 Å². The van der Waals surface area contributed by atoms with Crippen LogP contribution in [-0.2, 0) is 0 Å². The lowest BCUT2D eigenvalue weighted by molar-refractivity contribution is 0.0543. The highest BCUT2D eigenvalue weighted by Gasteiger charge is 2.26. The second kappa shape index (κ2) is 6.06. The highest BCUT2D eigenvalue weighted by atomic mass is 16.3. The number of nitrogens with zero attached hydrogens (tertiary/aromatic N) is 1. The minimum absolute atomic E-state index is 0.0179. The third-order valence-corrected chi connectivity index (χ3v) is 2.90. The summed E-state index contributed by atoms with van der Waals surface area (Å²) in [6.45, 7) is 0. The Kier molecular flexibility index (Phi) is 4.20. The Morgan fingerprint density at radius 2 is 1.24 bits per heavy atom. The van der Waals surface area contributed by atoms with E-state index < -0.39 is 11.8 Å². The molecule has 0 fully saturated rings. The van der Waals surface area contributed by atoms with Crippen LogP contribution >= 0.6 is 0 Å². The van der Waals surface area contributed by atoms with Gasteiger partial charge in [-0.2, -0.15) is 0 Å². The monoisotopic (exact) mass is 286 g/mol. The van der Waals surface area contributed by atoms with Crippen molar-refractivity contribution in [3.8, 4) is 11.5 Å². The second-order valence-electron chi connectivity index (χ2n) is 4.20. The Balaban J connectivity index is 2.36. The lowest BCUT2D eigenvalue weighted by atomic mass is 10.1. The molecule has 2 amide bonds. The van der Waals surface area contributed by atoms with Gasteiger partial charge in [0.2, 0.25) is 0 Å². The summed E-state index contributed by atoms with van der Waals surface area (Å²) in [6.07, 6.45) is 0. The van der Waals surface area contributed by atoms with Crippen molar-refractivity contribution in [1.29, 1.82) is 0 Å². The first-order chi connectivity index (χ1) is 10.1. The number of rotatable bonds is 3. The molecular formula is C15H14N2O4. The molecule has 0 saturated carbocycles. The molecule has 0 radical (unpaired) electrons. The van der Waals surface area contributed by atoms with Crippen molar-refractivity contribution in [3.63, 3.8) is 0 Å². The van der Waals surface area contributed by atoms with Gasteiger partial charge in [0.25, 0.3) is 11.8 Å². The minimum atomic E-state index is -0.719. The highest BCUT2D eigenvalue weighted by Crippen LogP contribution is 2.21. The fraction of sp³-hybridized carbons (Fsp3) is 0.0667. The summed E-state index contributed by atoms with van der Waals surface area (Å²) in [7, 11) is 1.40. The number of phenolic OH excluding ortho intramolecular Hbond substituents is 2. The van der Waals surface area contributed by atoms with Crippen molar-refractivity contribution < 1.29 is 19.8 Å². The molecule has 2 rings (SSSR count). The van der Waals surface area contributed by atoms with Crippen LogP contribution in [0.2, 0.25) is 0 Å². The third-order valence-electron chi connectivity index (χ3n) is 2.90. The van der Waals surface area contributed by atoms with E-state index in [1.807, 2.05) is 0 Å². The van der Waals surface area contributed by atoms with Gasteiger partial charge < -0.3 is 10.2 Å². The van der Waals surface area contributed by atoms with Crippen molar-refractivity contribution in [2.45, 2.75) is 0 Å². The van der Waals surface area contributed by atoms with Gasteiger partial charge in [0.1, 0.15) is 11.5 Å². The number of amides is 2. The SMILES string of the molecule is CNN(C(=O)c1ccccc1O)C(=O)c1ccccc1O. The Hall–Kier alpha value is -2.86. The quantitative estimate of drug-likeness (QED) is 0.588. The van der Waals surface area contributed by atoms with Gasteiger partial charge in [-0.05, 0) is 24.3 Å². The molecule has 0 atom stereocenters. The number of aromatic hydroxyl groups is 2. The summed E-state index contributed by atoms with van der Waals surface area (Å²) in [6, 6.07) is 11.8. The van der Waals surface area contributed by atoms with E-state index in [9.17, 15) is 19.8 Å². The second-order valence-corrected chi connectivity index (χ2v) is 4.20. The Labute approximate surface area is 121 Å². The van der Waals surface area contributed by atoms with Crippen LogP contribution in [-0.4, -0.2) is 34.1 Å². The molecule has 108 valence electrons. The summed E-state index contributed by atoms with van der Waals surface area (Å²) in [5.74, 6) is -1.90. The average molecular weight is 286 g/mol. The predicted octanol–water partition coefficient (Wildman–Crippen LogP) is 1.51. The molecule has 0 bridgehead atoms. The zero-order valence-corrected chi connectivity index (χ0v) is 11.3. The fourth-order valence-corrected chi connectivity index (χ4v) is 1.85. The van der Waals surface area contributed by atoms with Crippen LogP contribution in [0.15, 0.2) is 48.5 Å². The molecule has 6 heteroatoms. The smallest absolute Gasteiger partial charge is 0.279 e. The van der Waals surface area contributed by atoms with Crippen LogP contribution in [0, 0.1) is 0 Å². The van der Waals surface area contributed by atoms with Crippen LogP contribution in [0.3, 0.4) is 0 Å². The molecule has 6 nitrogen and oxygen atoms in total. The molecule has 0 saturated heterocycles. The number of carbonyl (C=O) groups is 2. The number of hydrogen-bond donors (Lipinski definition) is 3. The fourth-order valence-electron chi connectivity index (χ4n) is 1.85. The van der Waals surface area contributed by atoms with E-state index in [2.05, 4.69) is 5.43 Å². The van der Waals surface area contributed by atoms with E-state index in [0.29, 0.717) is 0 Å². The Bertz CT molecular complexity index is 627. The normalized spacial score (nSPS) is 10.1. The molecular weight excluding hydrogens is 272 g/mol. The van der Waals surface area contributed by atoms with Gasteiger partial charge in [0.05, 0.1) is 11.1 Å². The number of imide groups is 1. The predicted molar refractivity (Wildman–Crippen MR) is 75.8 cm³/mol. The van der Waals surface area contributed by atoms with Crippen LogP contribution in [0.4, 0.5) is 0 Å². The molecule has 0 aliphatic rings. The first kappa shape index (κ1) is 14.5. The lowest BCUT2D eigenvalue weighted by Crippen LogP contribution is -2.45. The van der Waals surface area contributed by atoms with E-state index in [1.54, 1.807) is 24.3 Å². The van der Waals surface area contributed by atoms with E-state index in [0.717, 1.165) is 5.01 Å². The number of phenols is 2. The van der Waals surface area contributed by atoms with E-state index in [4.69, 9.17) is 0 Å². The number of benzene rings is 2. The molecule has 2 aromatic rings. The van der Waals surface area contributed by atoms with E-state index in [1.165, 1.54) is 31.3 Å². The van der Waals surface area contributed by atoms with Gasteiger partial charge in [0, 0.05) is 7.05 Å². The van der Waals surface area contributed by atoms with Gasteiger partial charge in [-0.15, -0.1) is 0 Å². The van der Waals surface area contributed by atoms with Crippen molar-refractivity contribution in [1.82, 2.24) is 10.4 Å². The number of para-hydroxylation sites is 2. The van der Waals surface area contributed by atoms with Gasteiger partial charge in [-0.1, -0.05) is 24.3 Å². The zero-order chi connectivity index (χ0) is 15.4. The molecule has 0 spiro atoms. The molecule has 2 aromatic carbocycles. The topological polar surface area (TPSA) is 89.9 Å². The van der Waals surface area contributed by atoms with E-state index in [-0.39, 0.29) is 22.6 Å². The first-order valence-corrected chi connectivity index (χ1v) is 6.18. The maximum atomic E-state index is 12.3. The standard InChI is InChI=1S/C15H14N2O4/c1-16-17(14(20)10-6-2-4-8-12(10)18)15(21)11-7-3-5-9-13(11)19/h2-9,16,18-19H,1H3. The minimum Gasteiger partial charge on any atom is -0.507 e. The third kappa shape index (κ3) is 2.85. The molecule has 0 aliphatic carbocycles. The van der Waals surface area contributed by atoms with Gasteiger partial charge in [-0.25, -0.2) is 10.4 Å². The zero-order valence-electron chi connectivity index (χ0n) is 11.3. The van der Waals surface area contributed by atoms with Crippen LogP contribution in [0.5, 0.6) is 11.5 Å². The maximum absolute atomic E-state index is 12.3. The number of hydrazine groups is 1. The average Bonchev–Trinajstić information content (AvgIpc) is 2.48. The Morgan fingerprint density at radius 1 is 0.857 bits per heavy atom. The number of hydrogen-bond acceptors (Lipinski definition) is 5. The summed E-state index contributed by atoms with van der Waals surface area (Å²) >= 11 is 0. The largest absolute Gasteiger partial charge is 0.507 e. The summed E-state index contributed by atoms with van der Waals surface area (Å²) in [4.78, 5) is 24.6. The number of nitrogens with one attached hydrogen (secondary N) is 1. The summed E-state index contributed by atoms with van der Waals surface area (Å²) in [5, 5.41) is 20.1. The molecule has 0 heterocycles. The van der Waals surface area contributed by atoms with Crippen molar-refractivity contribution in [2.24, 2.45) is 0 Å². The maximum Gasteiger partial charge on any atom is 0.279 e. The first-order valence-electron chi connectivity index (χ1n) is 6.18. The van der Waals surface area contributed by atoms with Crippen molar-refractivity contribution in [3.05, 3.63) is 59.7 Å². The van der Waals surface area contributed by atoms with Gasteiger partial charge >= 0.3 is 0 Å². The van der Waals surface area contributed by atoms with Crippen LogP contribution in [0.25, 0.3) is 0 Å². The lowest BCUT2D eigenvalue weighted by Gasteiger charge is -2.20. The molecule has 0 unspecified atom stereocenters. The molecule has 21 heavy (non-hydrogen) atoms. The summed E-state index contributed by atoms with van der Waals surface area (Å²) in [5.41, 5.74) is 2.43. The number of carbonyl (C=O) groups excluding carboxylic acids is 2. The van der Waals surface area contributed by atoms with Crippen LogP contribution < -0.4 is 5.43 Å². The molecule has 0 aliphatic heterocycles.